The Morgan fingerprint density at radius 1 is 1.07 bits per heavy atom. The molecule has 5 nitrogen and oxygen atoms in total. The van der Waals surface area contributed by atoms with E-state index in [1.165, 1.54) is 0 Å². The van der Waals surface area contributed by atoms with E-state index in [-0.39, 0.29) is 12.0 Å². The van der Waals surface area contributed by atoms with Crippen LogP contribution in [0.25, 0.3) is 10.8 Å². The second kappa shape index (κ2) is 8.21. The minimum absolute atomic E-state index is 0.155. The lowest BCUT2D eigenvalue weighted by Gasteiger charge is -2.27. The van der Waals surface area contributed by atoms with Crippen molar-refractivity contribution in [1.29, 1.82) is 0 Å². The van der Waals surface area contributed by atoms with Crippen LogP contribution in [-0.2, 0) is 4.79 Å². The van der Waals surface area contributed by atoms with Gasteiger partial charge in [-0.1, -0.05) is 55.5 Å². The average molecular weight is 377 g/mol. The molecule has 144 valence electrons. The highest BCUT2D eigenvalue weighted by Crippen LogP contribution is 2.30. The Morgan fingerprint density at radius 3 is 2.68 bits per heavy atom. The average Bonchev–Trinajstić information content (AvgIpc) is 2.75. The summed E-state index contributed by atoms with van der Waals surface area (Å²) < 4.78 is 17.6. The van der Waals surface area contributed by atoms with Crippen LogP contribution in [0.5, 0.6) is 17.2 Å². The monoisotopic (exact) mass is 377 g/mol. The van der Waals surface area contributed by atoms with Gasteiger partial charge in [-0.25, -0.2) is 0 Å². The zero-order valence-electron chi connectivity index (χ0n) is 15.8. The summed E-state index contributed by atoms with van der Waals surface area (Å²) in [6.07, 6.45) is -0.226. The third kappa shape index (κ3) is 3.88. The number of ether oxygens (including phenoxy) is 3. The fraction of sp³-hybridized carbons (Fsp3) is 0.261. The fourth-order valence-corrected chi connectivity index (χ4v) is 3.27. The quantitative estimate of drug-likeness (QED) is 0.707. The molecule has 0 unspecified atom stereocenters. The van der Waals surface area contributed by atoms with Gasteiger partial charge in [-0.3, -0.25) is 4.79 Å². The Balaban J connectivity index is 1.38. The largest absolute Gasteiger partial charge is 0.486 e. The Morgan fingerprint density at radius 2 is 1.82 bits per heavy atom. The van der Waals surface area contributed by atoms with E-state index in [9.17, 15) is 4.79 Å². The molecule has 0 spiro atoms. The topological polar surface area (TPSA) is 56.8 Å². The Kier molecular flexibility index (Phi) is 5.33. The molecule has 1 N–H and O–H groups in total. The number of rotatable bonds is 6. The molecule has 0 fully saturated rings. The van der Waals surface area contributed by atoms with Gasteiger partial charge in [0, 0.05) is 5.39 Å². The van der Waals surface area contributed by atoms with Gasteiger partial charge in [0.2, 0.25) is 0 Å². The van der Waals surface area contributed by atoms with Crippen molar-refractivity contribution in [2.45, 2.75) is 25.6 Å². The molecule has 3 aromatic rings. The molecule has 4 rings (SSSR count). The summed E-state index contributed by atoms with van der Waals surface area (Å²) in [6.45, 7) is 2.70. The zero-order chi connectivity index (χ0) is 19.3. The van der Waals surface area contributed by atoms with Crippen LogP contribution in [0.4, 0.5) is 0 Å². The van der Waals surface area contributed by atoms with Crippen LogP contribution in [0.15, 0.2) is 66.7 Å². The lowest BCUT2D eigenvalue weighted by Crippen LogP contribution is -2.45. The Bertz CT molecular complexity index is 966. The van der Waals surface area contributed by atoms with Gasteiger partial charge < -0.3 is 19.5 Å². The van der Waals surface area contributed by atoms with E-state index in [4.69, 9.17) is 14.2 Å². The number of amides is 1. The van der Waals surface area contributed by atoms with Crippen molar-refractivity contribution in [1.82, 2.24) is 5.32 Å². The predicted molar refractivity (Wildman–Crippen MR) is 108 cm³/mol. The molecule has 1 heterocycles. The van der Waals surface area contributed by atoms with Crippen LogP contribution in [0.1, 0.15) is 13.3 Å². The highest BCUT2D eigenvalue weighted by molar-refractivity contribution is 5.89. The standard InChI is InChI=1S/C23H23NO4/c1-2-19(28-20-13-7-9-16-8-3-4-10-18(16)20)23(25)24-14-17-15-26-21-11-5-6-12-22(21)27-17/h3-13,17,19H,2,14-15H2,1H3,(H,24,25)/t17-,19-/m1/s1. The zero-order valence-corrected chi connectivity index (χ0v) is 15.8. The Hall–Kier alpha value is -3.21. The summed E-state index contributed by atoms with van der Waals surface area (Å²) in [6, 6.07) is 21.4. The summed E-state index contributed by atoms with van der Waals surface area (Å²) in [4.78, 5) is 12.7. The maximum absolute atomic E-state index is 12.7. The normalized spacial score (nSPS) is 16.4. The number of nitrogens with one attached hydrogen (secondary N) is 1. The van der Waals surface area contributed by atoms with Crippen LogP contribution in [0.2, 0.25) is 0 Å². The maximum Gasteiger partial charge on any atom is 0.261 e. The molecule has 0 bridgehead atoms. The number of fused-ring (bicyclic) bond motifs is 2. The van der Waals surface area contributed by atoms with Crippen LogP contribution >= 0.6 is 0 Å². The third-order valence-electron chi connectivity index (χ3n) is 4.75. The van der Waals surface area contributed by atoms with Crippen molar-refractivity contribution in [3.63, 3.8) is 0 Å². The van der Waals surface area contributed by atoms with Gasteiger partial charge in [0.05, 0.1) is 6.54 Å². The number of hydrogen-bond acceptors (Lipinski definition) is 4. The second-order valence-corrected chi connectivity index (χ2v) is 6.73. The minimum atomic E-state index is -0.567. The summed E-state index contributed by atoms with van der Waals surface area (Å²) in [5.41, 5.74) is 0. The van der Waals surface area contributed by atoms with Gasteiger partial charge in [-0.2, -0.15) is 0 Å². The first-order valence-electron chi connectivity index (χ1n) is 9.55. The molecule has 0 radical (unpaired) electrons. The third-order valence-corrected chi connectivity index (χ3v) is 4.75. The van der Waals surface area contributed by atoms with Crippen molar-refractivity contribution in [3.05, 3.63) is 66.7 Å². The van der Waals surface area contributed by atoms with Crippen LogP contribution in [0, 0.1) is 0 Å². The lowest BCUT2D eigenvalue weighted by atomic mass is 10.1. The van der Waals surface area contributed by atoms with E-state index in [1.54, 1.807) is 0 Å². The van der Waals surface area contributed by atoms with Crippen molar-refractivity contribution in [2.24, 2.45) is 0 Å². The first-order chi connectivity index (χ1) is 13.7. The van der Waals surface area contributed by atoms with Gasteiger partial charge in [0.1, 0.15) is 18.5 Å². The number of para-hydroxylation sites is 2. The molecule has 28 heavy (non-hydrogen) atoms. The minimum Gasteiger partial charge on any atom is -0.486 e. The predicted octanol–water partition coefficient (Wildman–Crippen LogP) is 3.95. The lowest BCUT2D eigenvalue weighted by molar-refractivity contribution is -0.128. The number of carbonyl (C=O) groups is 1. The molecule has 0 aromatic heterocycles. The molecule has 0 aliphatic carbocycles. The second-order valence-electron chi connectivity index (χ2n) is 6.73. The van der Waals surface area contributed by atoms with Gasteiger partial charge in [0.15, 0.2) is 17.6 Å². The first kappa shape index (κ1) is 18.2. The van der Waals surface area contributed by atoms with E-state index in [0.29, 0.717) is 31.1 Å². The van der Waals surface area contributed by atoms with Crippen molar-refractivity contribution < 1.29 is 19.0 Å². The van der Waals surface area contributed by atoms with Gasteiger partial charge in [-0.15, -0.1) is 0 Å². The van der Waals surface area contributed by atoms with E-state index in [2.05, 4.69) is 5.32 Å². The van der Waals surface area contributed by atoms with E-state index in [0.717, 1.165) is 16.5 Å². The van der Waals surface area contributed by atoms with Gasteiger partial charge in [0.25, 0.3) is 5.91 Å². The number of benzene rings is 3. The molecule has 1 aliphatic rings. The molecule has 2 atom stereocenters. The first-order valence-corrected chi connectivity index (χ1v) is 9.55. The maximum atomic E-state index is 12.7. The molecular formula is C23H23NO4. The Labute approximate surface area is 164 Å². The van der Waals surface area contributed by atoms with Crippen molar-refractivity contribution in [3.8, 4) is 17.2 Å². The molecule has 0 saturated heterocycles. The SMILES string of the molecule is CC[C@@H](Oc1cccc2ccccc12)C(=O)NC[C@@H]1COc2ccccc2O1. The number of carbonyl (C=O) groups excluding carboxylic acids is 1. The van der Waals surface area contributed by atoms with E-state index >= 15 is 0 Å². The highest BCUT2D eigenvalue weighted by atomic mass is 16.6. The summed E-state index contributed by atoms with van der Waals surface area (Å²) in [5.74, 6) is 1.99. The summed E-state index contributed by atoms with van der Waals surface area (Å²) >= 11 is 0. The summed E-state index contributed by atoms with van der Waals surface area (Å²) in [5, 5.41) is 5.02. The molecule has 5 heteroatoms. The van der Waals surface area contributed by atoms with Crippen molar-refractivity contribution in [2.75, 3.05) is 13.2 Å². The van der Waals surface area contributed by atoms with E-state index in [1.807, 2.05) is 73.7 Å². The van der Waals surface area contributed by atoms with Crippen LogP contribution in [0.3, 0.4) is 0 Å². The smallest absolute Gasteiger partial charge is 0.261 e. The molecule has 1 aliphatic heterocycles. The van der Waals surface area contributed by atoms with Gasteiger partial charge in [-0.05, 0) is 30.0 Å². The molecule has 1 amide bonds. The summed E-state index contributed by atoms with van der Waals surface area (Å²) in [7, 11) is 0. The fourth-order valence-electron chi connectivity index (χ4n) is 3.27. The van der Waals surface area contributed by atoms with Crippen molar-refractivity contribution >= 4 is 16.7 Å². The molecule has 0 saturated carbocycles. The molecule has 3 aromatic carbocycles. The van der Waals surface area contributed by atoms with Crippen LogP contribution < -0.4 is 19.5 Å². The van der Waals surface area contributed by atoms with Crippen LogP contribution in [-0.4, -0.2) is 31.3 Å². The highest BCUT2D eigenvalue weighted by Gasteiger charge is 2.24. The van der Waals surface area contributed by atoms with Gasteiger partial charge >= 0.3 is 0 Å². The molecular weight excluding hydrogens is 354 g/mol. The number of hydrogen-bond donors (Lipinski definition) is 1. The van der Waals surface area contributed by atoms with E-state index < -0.39 is 6.10 Å².